The molecule has 1 atom stereocenters. The molecule has 0 aliphatic carbocycles. The van der Waals surface area contributed by atoms with Crippen LogP contribution in [0, 0.1) is 12.8 Å². The predicted molar refractivity (Wildman–Crippen MR) is 72.0 cm³/mol. The van der Waals surface area contributed by atoms with Crippen molar-refractivity contribution < 1.29 is 9.47 Å². The van der Waals surface area contributed by atoms with Gasteiger partial charge in [0.05, 0.1) is 19.8 Å². The van der Waals surface area contributed by atoms with E-state index in [1.54, 1.807) is 7.11 Å². The lowest BCUT2D eigenvalue weighted by Crippen LogP contribution is -2.21. The van der Waals surface area contributed by atoms with Crippen LogP contribution in [-0.4, -0.2) is 45.0 Å². The minimum Gasteiger partial charge on any atom is -0.382 e. The topological polar surface area (TPSA) is 34.6 Å². The van der Waals surface area contributed by atoms with Crippen LogP contribution >= 0.6 is 0 Å². The summed E-state index contributed by atoms with van der Waals surface area (Å²) in [6.45, 7) is 6.44. The number of methoxy groups -OCH3 is 1. The van der Waals surface area contributed by atoms with Crippen LogP contribution in [0.15, 0.2) is 18.3 Å². The van der Waals surface area contributed by atoms with Crippen LogP contribution in [0.3, 0.4) is 0 Å². The third-order valence-corrected chi connectivity index (χ3v) is 3.32. The molecule has 0 aromatic carbocycles. The fourth-order valence-corrected chi connectivity index (χ4v) is 2.32. The van der Waals surface area contributed by atoms with Crippen molar-refractivity contribution in [2.45, 2.75) is 13.3 Å². The van der Waals surface area contributed by atoms with Gasteiger partial charge in [-0.1, -0.05) is 0 Å². The molecule has 1 aliphatic heterocycles. The van der Waals surface area contributed by atoms with Crippen LogP contribution in [0.5, 0.6) is 0 Å². The van der Waals surface area contributed by atoms with Crippen LogP contribution < -0.4 is 4.90 Å². The van der Waals surface area contributed by atoms with Crippen LogP contribution in [0.1, 0.15) is 12.1 Å². The minimum absolute atomic E-state index is 0.635. The molecule has 4 heteroatoms. The summed E-state index contributed by atoms with van der Waals surface area (Å²) in [5.41, 5.74) is 2.36. The molecule has 0 amide bonds. The van der Waals surface area contributed by atoms with Gasteiger partial charge in [0.1, 0.15) is 0 Å². The minimum atomic E-state index is 0.635. The first-order valence-electron chi connectivity index (χ1n) is 6.54. The van der Waals surface area contributed by atoms with Crippen LogP contribution in [0.4, 0.5) is 5.69 Å². The SMILES string of the molecule is COCCOCC1CCN(c2ccnc(C)c2)C1. The van der Waals surface area contributed by atoms with E-state index < -0.39 is 0 Å². The molecule has 0 bridgehead atoms. The molecule has 1 saturated heterocycles. The number of rotatable bonds is 6. The Balaban J connectivity index is 1.78. The number of ether oxygens (including phenoxy) is 2. The standard InChI is InChI=1S/C14H22N2O2/c1-12-9-14(3-5-15-12)16-6-4-13(10-16)11-18-8-7-17-2/h3,5,9,13H,4,6-8,10-11H2,1-2H3. The van der Waals surface area contributed by atoms with Crippen molar-refractivity contribution in [3.8, 4) is 0 Å². The number of pyridine rings is 1. The molecule has 0 N–H and O–H groups in total. The average molecular weight is 250 g/mol. The zero-order valence-electron chi connectivity index (χ0n) is 11.3. The number of hydrogen-bond donors (Lipinski definition) is 0. The van der Waals surface area contributed by atoms with Gasteiger partial charge >= 0.3 is 0 Å². The average Bonchev–Trinajstić information content (AvgIpc) is 2.83. The van der Waals surface area contributed by atoms with Crippen LogP contribution in [0.2, 0.25) is 0 Å². The maximum absolute atomic E-state index is 5.60. The fourth-order valence-electron chi connectivity index (χ4n) is 2.32. The second-order valence-electron chi connectivity index (χ2n) is 4.82. The van der Waals surface area contributed by atoms with Gasteiger partial charge in [-0.05, 0) is 25.5 Å². The highest BCUT2D eigenvalue weighted by molar-refractivity contribution is 5.47. The van der Waals surface area contributed by atoms with E-state index in [4.69, 9.17) is 9.47 Å². The third-order valence-electron chi connectivity index (χ3n) is 3.32. The molecule has 1 fully saturated rings. The van der Waals surface area contributed by atoms with E-state index in [2.05, 4.69) is 22.0 Å². The molecule has 100 valence electrons. The van der Waals surface area contributed by atoms with Crippen molar-refractivity contribution >= 4 is 5.69 Å². The van der Waals surface area contributed by atoms with Gasteiger partial charge in [0, 0.05) is 43.7 Å². The molecule has 0 saturated carbocycles. The summed E-state index contributed by atoms with van der Waals surface area (Å²) >= 11 is 0. The highest BCUT2D eigenvalue weighted by Gasteiger charge is 2.22. The van der Waals surface area contributed by atoms with Gasteiger partial charge in [0.15, 0.2) is 0 Å². The Morgan fingerprint density at radius 1 is 1.44 bits per heavy atom. The molecule has 1 aromatic heterocycles. The maximum atomic E-state index is 5.60. The molecule has 4 nitrogen and oxygen atoms in total. The summed E-state index contributed by atoms with van der Waals surface area (Å²) < 4.78 is 10.6. The van der Waals surface area contributed by atoms with Crippen molar-refractivity contribution in [3.63, 3.8) is 0 Å². The molecule has 2 heterocycles. The molecule has 2 rings (SSSR count). The summed E-state index contributed by atoms with van der Waals surface area (Å²) in [7, 11) is 1.70. The van der Waals surface area contributed by atoms with Gasteiger partial charge in [-0.2, -0.15) is 0 Å². The lowest BCUT2D eigenvalue weighted by Gasteiger charge is -2.19. The maximum Gasteiger partial charge on any atom is 0.0700 e. The summed E-state index contributed by atoms with van der Waals surface area (Å²) in [5, 5.41) is 0. The number of aryl methyl sites for hydroxylation is 1. The van der Waals surface area contributed by atoms with Crippen molar-refractivity contribution in [1.82, 2.24) is 4.98 Å². The molecular formula is C14H22N2O2. The van der Waals surface area contributed by atoms with Crippen molar-refractivity contribution in [3.05, 3.63) is 24.0 Å². The lowest BCUT2D eigenvalue weighted by atomic mass is 10.1. The van der Waals surface area contributed by atoms with Crippen LogP contribution in [0.25, 0.3) is 0 Å². The normalized spacial score (nSPS) is 19.4. The monoisotopic (exact) mass is 250 g/mol. The number of hydrogen-bond acceptors (Lipinski definition) is 4. The molecule has 18 heavy (non-hydrogen) atoms. The number of anilines is 1. The lowest BCUT2D eigenvalue weighted by molar-refractivity contribution is 0.0549. The van der Waals surface area contributed by atoms with Crippen molar-refractivity contribution in [2.75, 3.05) is 44.9 Å². The van der Waals surface area contributed by atoms with Gasteiger partial charge in [-0.25, -0.2) is 0 Å². The van der Waals surface area contributed by atoms with Gasteiger partial charge in [-0.3, -0.25) is 4.98 Å². The first kappa shape index (κ1) is 13.3. The Bertz CT molecular complexity index is 371. The largest absolute Gasteiger partial charge is 0.382 e. The smallest absolute Gasteiger partial charge is 0.0700 e. The first-order valence-corrected chi connectivity index (χ1v) is 6.54. The van der Waals surface area contributed by atoms with E-state index in [1.807, 2.05) is 13.1 Å². The third kappa shape index (κ3) is 3.68. The fraction of sp³-hybridized carbons (Fsp3) is 0.643. The molecule has 1 unspecified atom stereocenters. The van der Waals surface area contributed by atoms with Crippen LogP contribution in [-0.2, 0) is 9.47 Å². The Labute approximate surface area is 109 Å². The van der Waals surface area contributed by atoms with E-state index in [9.17, 15) is 0 Å². The van der Waals surface area contributed by atoms with E-state index in [0.717, 1.165) is 25.4 Å². The zero-order chi connectivity index (χ0) is 12.8. The highest BCUT2D eigenvalue weighted by atomic mass is 16.5. The predicted octanol–water partition coefficient (Wildman–Crippen LogP) is 1.88. The first-order chi connectivity index (χ1) is 8.79. The van der Waals surface area contributed by atoms with E-state index in [0.29, 0.717) is 19.1 Å². The Morgan fingerprint density at radius 2 is 2.33 bits per heavy atom. The Kier molecular flexibility index (Phi) is 4.96. The molecule has 1 aliphatic rings. The van der Waals surface area contributed by atoms with E-state index >= 15 is 0 Å². The second kappa shape index (κ2) is 6.71. The summed E-state index contributed by atoms with van der Waals surface area (Å²) in [6.07, 6.45) is 3.08. The Hall–Kier alpha value is -1.13. The van der Waals surface area contributed by atoms with Gasteiger partial charge in [0.2, 0.25) is 0 Å². The molecular weight excluding hydrogens is 228 g/mol. The Morgan fingerprint density at radius 3 is 3.11 bits per heavy atom. The van der Waals surface area contributed by atoms with Crippen molar-refractivity contribution in [1.29, 1.82) is 0 Å². The van der Waals surface area contributed by atoms with Crippen molar-refractivity contribution in [2.24, 2.45) is 5.92 Å². The highest BCUT2D eigenvalue weighted by Crippen LogP contribution is 2.23. The molecule has 1 aromatic rings. The number of nitrogens with zero attached hydrogens (tertiary/aromatic N) is 2. The summed E-state index contributed by atoms with van der Waals surface area (Å²) in [6, 6.07) is 4.23. The van der Waals surface area contributed by atoms with E-state index in [-0.39, 0.29) is 0 Å². The molecule has 0 radical (unpaired) electrons. The number of aromatic nitrogens is 1. The van der Waals surface area contributed by atoms with Gasteiger partial charge in [-0.15, -0.1) is 0 Å². The zero-order valence-corrected chi connectivity index (χ0v) is 11.3. The quantitative estimate of drug-likeness (QED) is 0.722. The summed E-state index contributed by atoms with van der Waals surface area (Å²) in [5.74, 6) is 0.635. The van der Waals surface area contributed by atoms with Gasteiger partial charge in [0.25, 0.3) is 0 Å². The van der Waals surface area contributed by atoms with E-state index in [1.165, 1.54) is 12.1 Å². The molecule has 0 spiro atoms. The van der Waals surface area contributed by atoms with Gasteiger partial charge < -0.3 is 14.4 Å². The summed E-state index contributed by atoms with van der Waals surface area (Å²) in [4.78, 5) is 6.65. The second-order valence-corrected chi connectivity index (χ2v) is 4.82.